The highest BCUT2D eigenvalue weighted by Gasteiger charge is 2.26. The normalized spacial score (nSPS) is 14.3. The Labute approximate surface area is 192 Å². The van der Waals surface area contributed by atoms with Gasteiger partial charge >= 0.3 is 0 Å². The van der Waals surface area contributed by atoms with Crippen molar-refractivity contribution in [3.8, 4) is 11.8 Å². The van der Waals surface area contributed by atoms with Gasteiger partial charge in [-0.05, 0) is 61.7 Å². The van der Waals surface area contributed by atoms with Crippen LogP contribution in [0.5, 0.6) is 0 Å². The van der Waals surface area contributed by atoms with Gasteiger partial charge in [0.05, 0.1) is 17.0 Å². The fraction of sp³-hybridized carbons (Fsp3) is 0.435. The van der Waals surface area contributed by atoms with Crippen molar-refractivity contribution in [1.29, 1.82) is 5.26 Å². The molecule has 1 aromatic carbocycles. The number of carbonyl (C=O) groups excluding carboxylic acids is 1. The minimum atomic E-state index is -0.181. The van der Waals surface area contributed by atoms with Crippen LogP contribution in [0.2, 0.25) is 0 Å². The van der Waals surface area contributed by atoms with E-state index in [1.54, 1.807) is 4.68 Å². The maximum Gasteiger partial charge on any atom is 0.235 e. The van der Waals surface area contributed by atoms with Crippen molar-refractivity contribution in [1.82, 2.24) is 24.8 Å². The molecule has 1 N–H and O–H groups in total. The van der Waals surface area contributed by atoms with Crippen molar-refractivity contribution in [2.45, 2.75) is 64.1 Å². The van der Waals surface area contributed by atoms with Crippen molar-refractivity contribution >= 4 is 23.5 Å². The van der Waals surface area contributed by atoms with Crippen molar-refractivity contribution in [2.24, 2.45) is 0 Å². The van der Waals surface area contributed by atoms with Gasteiger partial charge < -0.3 is 9.88 Å². The number of benzene rings is 1. The Morgan fingerprint density at radius 3 is 2.59 bits per heavy atom. The van der Waals surface area contributed by atoms with Crippen molar-refractivity contribution in [3.05, 3.63) is 46.6 Å². The van der Waals surface area contributed by atoms with Crippen LogP contribution in [-0.4, -0.2) is 36.4 Å². The molecule has 8 nitrogen and oxygen atoms in total. The van der Waals surface area contributed by atoms with Gasteiger partial charge in [0, 0.05) is 11.7 Å². The summed E-state index contributed by atoms with van der Waals surface area (Å²) < 4.78 is 3.79. The third-order valence-corrected chi connectivity index (χ3v) is 7.04. The lowest BCUT2D eigenvalue weighted by Crippen LogP contribution is -2.22. The standard InChI is InChI=1S/C23H27N7OS/c1-15-9-11-19(12-10-15)30-23(26-27-28-30)32-14-21(31)25-22-20(13-24)16(2)17(3)29(22)18-7-5-4-6-8-18/h9-12,18H,4-8,14H2,1-3H3,(H,25,31). The van der Waals surface area contributed by atoms with Crippen LogP contribution in [0.1, 0.15) is 60.5 Å². The van der Waals surface area contributed by atoms with E-state index >= 15 is 0 Å². The molecule has 166 valence electrons. The van der Waals surface area contributed by atoms with E-state index in [9.17, 15) is 10.1 Å². The molecule has 9 heteroatoms. The van der Waals surface area contributed by atoms with E-state index in [1.165, 1.54) is 31.0 Å². The Morgan fingerprint density at radius 2 is 1.91 bits per heavy atom. The van der Waals surface area contributed by atoms with Crippen LogP contribution in [0, 0.1) is 32.1 Å². The van der Waals surface area contributed by atoms with Gasteiger partial charge in [-0.2, -0.15) is 9.94 Å². The number of aromatic nitrogens is 5. The van der Waals surface area contributed by atoms with Gasteiger partial charge in [-0.3, -0.25) is 4.79 Å². The second-order valence-electron chi connectivity index (χ2n) is 8.25. The van der Waals surface area contributed by atoms with E-state index in [4.69, 9.17) is 0 Å². The SMILES string of the molecule is Cc1ccc(-n2nnnc2SCC(=O)Nc2c(C#N)c(C)c(C)n2C2CCCCC2)cc1. The Kier molecular flexibility index (Phi) is 6.61. The molecule has 1 amide bonds. The summed E-state index contributed by atoms with van der Waals surface area (Å²) in [5.74, 6) is 0.586. The summed E-state index contributed by atoms with van der Waals surface area (Å²) >= 11 is 1.27. The van der Waals surface area contributed by atoms with Crippen LogP contribution in [0.15, 0.2) is 29.4 Å². The summed E-state index contributed by atoms with van der Waals surface area (Å²) in [4.78, 5) is 12.9. The number of hydrogen-bond acceptors (Lipinski definition) is 6. The highest BCUT2D eigenvalue weighted by atomic mass is 32.2. The fourth-order valence-electron chi connectivity index (χ4n) is 4.30. The number of carbonyl (C=O) groups is 1. The Morgan fingerprint density at radius 1 is 1.19 bits per heavy atom. The zero-order valence-electron chi connectivity index (χ0n) is 18.6. The van der Waals surface area contributed by atoms with Gasteiger partial charge in [0.25, 0.3) is 0 Å². The van der Waals surface area contributed by atoms with Gasteiger partial charge in [0.2, 0.25) is 11.1 Å². The number of nitriles is 1. The van der Waals surface area contributed by atoms with E-state index in [-0.39, 0.29) is 11.7 Å². The number of hydrogen-bond donors (Lipinski definition) is 1. The van der Waals surface area contributed by atoms with Crippen molar-refractivity contribution < 1.29 is 4.79 Å². The third kappa shape index (κ3) is 4.41. The van der Waals surface area contributed by atoms with Crippen LogP contribution in [0.4, 0.5) is 5.82 Å². The van der Waals surface area contributed by atoms with E-state index in [2.05, 4.69) is 31.5 Å². The molecule has 2 heterocycles. The molecule has 0 radical (unpaired) electrons. The molecule has 1 saturated carbocycles. The monoisotopic (exact) mass is 449 g/mol. The largest absolute Gasteiger partial charge is 0.327 e. The fourth-order valence-corrected chi connectivity index (χ4v) is 4.99. The Bertz CT molecular complexity index is 1150. The smallest absolute Gasteiger partial charge is 0.235 e. The van der Waals surface area contributed by atoms with Crippen LogP contribution >= 0.6 is 11.8 Å². The highest BCUT2D eigenvalue weighted by molar-refractivity contribution is 7.99. The molecule has 0 saturated heterocycles. The minimum Gasteiger partial charge on any atom is -0.327 e. The first-order valence-corrected chi connectivity index (χ1v) is 11.9. The highest BCUT2D eigenvalue weighted by Crippen LogP contribution is 2.36. The number of anilines is 1. The second-order valence-corrected chi connectivity index (χ2v) is 9.20. The lowest BCUT2D eigenvalue weighted by molar-refractivity contribution is -0.113. The number of amides is 1. The molecule has 1 aliphatic carbocycles. The molecule has 0 unspecified atom stereocenters. The summed E-state index contributed by atoms with van der Waals surface area (Å²) in [7, 11) is 0. The van der Waals surface area contributed by atoms with E-state index in [1.807, 2.05) is 45.0 Å². The number of tetrazole rings is 1. The zero-order valence-corrected chi connectivity index (χ0v) is 19.4. The predicted molar refractivity (Wildman–Crippen MR) is 124 cm³/mol. The van der Waals surface area contributed by atoms with Gasteiger partial charge in [-0.1, -0.05) is 48.7 Å². The number of nitrogens with one attached hydrogen (secondary N) is 1. The molecular formula is C23H27N7OS. The van der Waals surface area contributed by atoms with Crippen LogP contribution in [0.3, 0.4) is 0 Å². The molecule has 1 aliphatic rings. The van der Waals surface area contributed by atoms with E-state index < -0.39 is 0 Å². The topological polar surface area (TPSA) is 101 Å². The van der Waals surface area contributed by atoms with Crippen LogP contribution in [0.25, 0.3) is 5.69 Å². The summed E-state index contributed by atoms with van der Waals surface area (Å²) in [6.45, 7) is 6.00. The summed E-state index contributed by atoms with van der Waals surface area (Å²) in [5, 5.41) is 25.2. The van der Waals surface area contributed by atoms with E-state index in [0.717, 1.165) is 35.3 Å². The summed E-state index contributed by atoms with van der Waals surface area (Å²) in [6.07, 6.45) is 5.74. The number of nitrogens with zero attached hydrogens (tertiary/aromatic N) is 6. The maximum absolute atomic E-state index is 12.9. The maximum atomic E-state index is 12.9. The van der Waals surface area contributed by atoms with Gasteiger partial charge in [-0.25, -0.2) is 0 Å². The molecule has 0 bridgehead atoms. The molecular weight excluding hydrogens is 422 g/mol. The first-order chi connectivity index (χ1) is 15.5. The third-order valence-electron chi connectivity index (χ3n) is 6.12. The Balaban J connectivity index is 1.51. The summed E-state index contributed by atoms with van der Waals surface area (Å²) in [5.41, 5.74) is 4.53. The summed E-state index contributed by atoms with van der Waals surface area (Å²) in [6, 6.07) is 10.5. The molecule has 0 atom stereocenters. The lowest BCUT2D eigenvalue weighted by atomic mass is 9.95. The number of rotatable bonds is 6. The lowest BCUT2D eigenvalue weighted by Gasteiger charge is -2.27. The average Bonchev–Trinajstić information content (AvgIpc) is 3.36. The quantitative estimate of drug-likeness (QED) is 0.556. The molecule has 1 fully saturated rings. The molecule has 4 rings (SSSR count). The van der Waals surface area contributed by atoms with Crippen molar-refractivity contribution in [2.75, 3.05) is 11.1 Å². The number of aryl methyl sites for hydroxylation is 1. The first-order valence-electron chi connectivity index (χ1n) is 10.9. The van der Waals surface area contributed by atoms with Crippen LogP contribution < -0.4 is 5.32 Å². The first kappa shape index (κ1) is 22.1. The van der Waals surface area contributed by atoms with Crippen LogP contribution in [-0.2, 0) is 4.79 Å². The van der Waals surface area contributed by atoms with Crippen molar-refractivity contribution in [3.63, 3.8) is 0 Å². The van der Waals surface area contributed by atoms with E-state index in [0.29, 0.717) is 22.6 Å². The zero-order chi connectivity index (χ0) is 22.7. The molecule has 32 heavy (non-hydrogen) atoms. The van der Waals surface area contributed by atoms with Gasteiger partial charge in [-0.15, -0.1) is 5.10 Å². The second kappa shape index (κ2) is 9.57. The molecule has 2 aromatic heterocycles. The Hall–Kier alpha value is -3.12. The molecule has 0 spiro atoms. The number of thioether (sulfide) groups is 1. The molecule has 0 aliphatic heterocycles. The molecule has 3 aromatic rings. The van der Waals surface area contributed by atoms with Gasteiger partial charge in [0.15, 0.2) is 0 Å². The van der Waals surface area contributed by atoms with Gasteiger partial charge in [0.1, 0.15) is 11.9 Å². The predicted octanol–water partition coefficient (Wildman–Crippen LogP) is 4.50. The average molecular weight is 450 g/mol. The minimum absolute atomic E-state index is 0.144.